The molecule has 2 aromatic heterocycles. The molecular weight excluding hydrogens is 318 g/mol. The van der Waals surface area contributed by atoms with Gasteiger partial charge in [0.2, 0.25) is 0 Å². The molecule has 4 aromatic rings. The largest absolute Gasteiger partial charge is 0.427 e. The summed E-state index contributed by atoms with van der Waals surface area (Å²) in [7, 11) is 0. The van der Waals surface area contributed by atoms with Gasteiger partial charge in [0, 0.05) is 18.0 Å². The fourth-order valence-corrected chi connectivity index (χ4v) is 2.76. The monoisotopic (exact) mass is 333 g/mol. The normalized spacial score (nSPS) is 11.1. The Morgan fingerprint density at radius 2 is 1.88 bits per heavy atom. The lowest BCUT2D eigenvalue weighted by Crippen LogP contribution is -2.14. The highest BCUT2D eigenvalue weighted by Gasteiger charge is 2.12. The van der Waals surface area contributed by atoms with Crippen LogP contribution >= 0.6 is 0 Å². The van der Waals surface area contributed by atoms with Crippen molar-refractivity contribution >= 4 is 27.8 Å². The second-order valence-electron chi connectivity index (χ2n) is 5.64. The minimum atomic E-state index is -0.298. The Labute approximate surface area is 142 Å². The summed E-state index contributed by atoms with van der Waals surface area (Å²) in [5.41, 5.74) is 2.05. The predicted octanol–water partition coefficient (Wildman–Crippen LogP) is 3.18. The first-order valence-electron chi connectivity index (χ1n) is 7.97. The van der Waals surface area contributed by atoms with Crippen molar-refractivity contribution in [2.45, 2.75) is 13.3 Å². The molecule has 0 saturated carbocycles. The minimum absolute atomic E-state index is 0.174. The first-order valence-corrected chi connectivity index (χ1v) is 7.97. The fourth-order valence-electron chi connectivity index (χ4n) is 2.76. The van der Waals surface area contributed by atoms with E-state index in [4.69, 9.17) is 4.74 Å². The molecule has 0 fully saturated rings. The van der Waals surface area contributed by atoms with Crippen molar-refractivity contribution < 1.29 is 9.53 Å². The molecule has 0 amide bonds. The van der Waals surface area contributed by atoms with Crippen LogP contribution in [0, 0.1) is 0 Å². The quantitative estimate of drug-likeness (QED) is 0.461. The Morgan fingerprint density at radius 3 is 2.64 bits per heavy atom. The second kappa shape index (κ2) is 5.90. The summed E-state index contributed by atoms with van der Waals surface area (Å²) < 4.78 is 6.62. The van der Waals surface area contributed by atoms with E-state index >= 15 is 0 Å². The number of nitrogens with zero attached hydrogens (tertiary/aromatic N) is 2. The van der Waals surface area contributed by atoms with Crippen molar-refractivity contribution in [3.8, 4) is 11.4 Å². The Kier molecular flexibility index (Phi) is 3.57. The SMILES string of the molecule is CCC(=O)Oc1ccc(-n2[nH]c3c(cnc4ccccc43)c2=O)cc1. The number of carbonyl (C=O) groups excluding carboxylic acids is 1. The Morgan fingerprint density at radius 1 is 1.12 bits per heavy atom. The van der Waals surface area contributed by atoms with E-state index in [-0.39, 0.29) is 11.5 Å². The molecular formula is C19H15N3O3. The van der Waals surface area contributed by atoms with Gasteiger partial charge in [0.1, 0.15) is 5.75 Å². The third kappa shape index (κ3) is 2.57. The molecule has 0 spiro atoms. The molecule has 124 valence electrons. The highest BCUT2D eigenvalue weighted by Crippen LogP contribution is 2.21. The molecule has 0 aliphatic rings. The van der Waals surface area contributed by atoms with E-state index in [9.17, 15) is 9.59 Å². The molecule has 0 saturated heterocycles. The van der Waals surface area contributed by atoms with Gasteiger partial charge in [0.15, 0.2) is 0 Å². The number of H-pyrrole nitrogens is 1. The predicted molar refractivity (Wildman–Crippen MR) is 95.1 cm³/mol. The van der Waals surface area contributed by atoms with Gasteiger partial charge in [-0.05, 0) is 30.3 Å². The number of fused-ring (bicyclic) bond motifs is 3. The molecule has 25 heavy (non-hydrogen) atoms. The Hall–Kier alpha value is -3.41. The summed E-state index contributed by atoms with van der Waals surface area (Å²) in [5.74, 6) is 0.153. The Bertz CT molecular complexity index is 1140. The maximum Gasteiger partial charge on any atom is 0.310 e. The highest BCUT2D eigenvalue weighted by atomic mass is 16.5. The summed E-state index contributed by atoms with van der Waals surface area (Å²) in [6.45, 7) is 1.74. The van der Waals surface area contributed by atoms with Gasteiger partial charge in [-0.3, -0.25) is 19.7 Å². The fraction of sp³-hybridized carbons (Fsp3) is 0.105. The molecule has 6 heteroatoms. The van der Waals surface area contributed by atoms with E-state index in [0.717, 1.165) is 16.4 Å². The first-order chi connectivity index (χ1) is 12.2. The second-order valence-corrected chi connectivity index (χ2v) is 5.64. The molecule has 0 aliphatic carbocycles. The molecule has 1 N–H and O–H groups in total. The number of aromatic nitrogens is 3. The van der Waals surface area contributed by atoms with Crippen molar-refractivity contribution in [2.75, 3.05) is 0 Å². The summed E-state index contributed by atoms with van der Waals surface area (Å²) in [6.07, 6.45) is 1.90. The number of carbonyl (C=O) groups is 1. The molecule has 0 atom stereocenters. The van der Waals surface area contributed by atoms with Crippen LogP contribution < -0.4 is 10.3 Å². The number of benzene rings is 2. The molecule has 2 aromatic carbocycles. The first kappa shape index (κ1) is 15.1. The number of para-hydroxylation sites is 1. The third-order valence-electron chi connectivity index (χ3n) is 4.05. The van der Waals surface area contributed by atoms with Gasteiger partial charge in [0.05, 0.1) is 22.1 Å². The van der Waals surface area contributed by atoms with Crippen molar-refractivity contribution in [1.29, 1.82) is 0 Å². The zero-order valence-corrected chi connectivity index (χ0v) is 13.5. The van der Waals surface area contributed by atoms with Crippen LogP contribution in [-0.2, 0) is 4.79 Å². The number of ether oxygens (including phenoxy) is 1. The molecule has 0 unspecified atom stereocenters. The third-order valence-corrected chi connectivity index (χ3v) is 4.05. The number of nitrogens with one attached hydrogen (secondary N) is 1. The number of hydrogen-bond acceptors (Lipinski definition) is 4. The van der Waals surface area contributed by atoms with Gasteiger partial charge in [-0.15, -0.1) is 0 Å². The van der Waals surface area contributed by atoms with E-state index in [1.54, 1.807) is 37.4 Å². The van der Waals surface area contributed by atoms with Crippen LogP contribution in [0.4, 0.5) is 0 Å². The zero-order valence-electron chi connectivity index (χ0n) is 13.5. The van der Waals surface area contributed by atoms with Gasteiger partial charge in [0.25, 0.3) is 5.56 Å². The van der Waals surface area contributed by atoms with Crippen molar-refractivity contribution in [2.24, 2.45) is 0 Å². The lowest BCUT2D eigenvalue weighted by molar-refractivity contribution is -0.134. The van der Waals surface area contributed by atoms with Crippen LogP contribution in [0.3, 0.4) is 0 Å². The standard InChI is InChI=1S/C19H15N3O3/c1-2-17(23)25-13-9-7-12(8-10-13)22-19(24)15-11-20-16-6-4-3-5-14(16)18(15)21-22/h3-11,21H,2H2,1H3. The van der Waals surface area contributed by atoms with E-state index in [1.807, 2.05) is 24.3 Å². The highest BCUT2D eigenvalue weighted by molar-refractivity contribution is 6.02. The van der Waals surface area contributed by atoms with Crippen LogP contribution in [-0.4, -0.2) is 20.7 Å². The summed E-state index contributed by atoms with van der Waals surface area (Å²) >= 11 is 0. The average Bonchev–Trinajstić information content (AvgIpc) is 2.99. The maximum absolute atomic E-state index is 12.7. The van der Waals surface area contributed by atoms with E-state index < -0.39 is 0 Å². The lowest BCUT2D eigenvalue weighted by atomic mass is 10.2. The van der Waals surface area contributed by atoms with Crippen LogP contribution in [0.2, 0.25) is 0 Å². The molecule has 0 bridgehead atoms. The van der Waals surface area contributed by atoms with Crippen molar-refractivity contribution in [3.63, 3.8) is 0 Å². The summed E-state index contributed by atoms with van der Waals surface area (Å²) in [5, 5.41) is 4.57. The molecule has 6 nitrogen and oxygen atoms in total. The molecule has 0 radical (unpaired) electrons. The van der Waals surface area contributed by atoms with Crippen LogP contribution in [0.15, 0.2) is 59.5 Å². The Balaban J connectivity index is 1.81. The van der Waals surface area contributed by atoms with Gasteiger partial charge in [-0.25, -0.2) is 4.68 Å². The number of esters is 1. The maximum atomic E-state index is 12.7. The number of aromatic amines is 1. The smallest absolute Gasteiger partial charge is 0.310 e. The minimum Gasteiger partial charge on any atom is -0.427 e. The van der Waals surface area contributed by atoms with Crippen LogP contribution in [0.25, 0.3) is 27.5 Å². The molecule has 0 aliphatic heterocycles. The number of pyridine rings is 1. The lowest BCUT2D eigenvalue weighted by Gasteiger charge is -2.05. The number of hydrogen-bond donors (Lipinski definition) is 1. The van der Waals surface area contributed by atoms with Gasteiger partial charge < -0.3 is 4.74 Å². The number of rotatable bonds is 3. The van der Waals surface area contributed by atoms with E-state index in [0.29, 0.717) is 23.2 Å². The van der Waals surface area contributed by atoms with Crippen LogP contribution in [0.1, 0.15) is 13.3 Å². The topological polar surface area (TPSA) is 77.0 Å². The van der Waals surface area contributed by atoms with Crippen LogP contribution in [0.5, 0.6) is 5.75 Å². The van der Waals surface area contributed by atoms with E-state index in [1.165, 1.54) is 4.68 Å². The van der Waals surface area contributed by atoms with Gasteiger partial charge in [-0.2, -0.15) is 0 Å². The summed E-state index contributed by atoms with van der Waals surface area (Å²) in [4.78, 5) is 28.4. The van der Waals surface area contributed by atoms with Gasteiger partial charge >= 0.3 is 5.97 Å². The average molecular weight is 333 g/mol. The van der Waals surface area contributed by atoms with E-state index in [2.05, 4.69) is 10.1 Å². The molecule has 2 heterocycles. The van der Waals surface area contributed by atoms with Gasteiger partial charge in [-0.1, -0.05) is 25.1 Å². The zero-order chi connectivity index (χ0) is 17.4. The van der Waals surface area contributed by atoms with Crippen molar-refractivity contribution in [3.05, 3.63) is 65.1 Å². The van der Waals surface area contributed by atoms with Crippen molar-refractivity contribution in [1.82, 2.24) is 14.8 Å². The summed E-state index contributed by atoms with van der Waals surface area (Å²) in [6, 6.07) is 14.4. The molecule has 4 rings (SSSR count).